The minimum absolute atomic E-state index is 0.146. The van der Waals surface area contributed by atoms with E-state index in [2.05, 4.69) is 15.3 Å². The maximum atomic E-state index is 13.0. The Hall–Kier alpha value is -2.61. The SMILES string of the molecule is C[C@H]1CCC2C(OC(=O)C23CN(c2ccccn2)N=N3)[C@]2(C)C(=O)C=C[C@@]12O. The number of allylic oxidation sites excluding steroid dienone is 1. The van der Waals surface area contributed by atoms with E-state index in [1.54, 1.807) is 36.3 Å². The number of carbonyl (C=O) groups is 2. The molecule has 146 valence electrons. The second-order valence-corrected chi connectivity index (χ2v) is 8.50. The molecular weight excluding hydrogens is 360 g/mol. The molecule has 2 fully saturated rings. The Kier molecular flexibility index (Phi) is 3.42. The summed E-state index contributed by atoms with van der Waals surface area (Å²) in [5.41, 5.74) is -3.74. The monoisotopic (exact) mass is 382 g/mol. The van der Waals surface area contributed by atoms with Crippen molar-refractivity contribution in [2.24, 2.45) is 27.6 Å². The van der Waals surface area contributed by atoms with E-state index in [-0.39, 0.29) is 24.2 Å². The zero-order valence-electron chi connectivity index (χ0n) is 15.8. The van der Waals surface area contributed by atoms with E-state index in [1.165, 1.54) is 6.08 Å². The van der Waals surface area contributed by atoms with Gasteiger partial charge in [0.05, 0.1) is 12.0 Å². The third-order valence-electron chi connectivity index (χ3n) is 7.27. The molecule has 5 rings (SSSR count). The van der Waals surface area contributed by atoms with Gasteiger partial charge in [-0.3, -0.25) is 4.79 Å². The number of anilines is 1. The quantitative estimate of drug-likeness (QED) is 0.744. The van der Waals surface area contributed by atoms with Crippen LogP contribution >= 0.6 is 0 Å². The van der Waals surface area contributed by atoms with E-state index in [9.17, 15) is 14.7 Å². The maximum Gasteiger partial charge on any atom is 0.338 e. The van der Waals surface area contributed by atoms with Crippen molar-refractivity contribution in [3.63, 3.8) is 0 Å². The number of hydrogen-bond acceptors (Lipinski definition) is 8. The highest BCUT2D eigenvalue weighted by atomic mass is 16.6. The number of carbonyl (C=O) groups excluding carboxylic acids is 2. The number of hydrogen-bond donors (Lipinski definition) is 1. The Labute approximate surface area is 162 Å². The fraction of sp³-hybridized carbons (Fsp3) is 0.550. The van der Waals surface area contributed by atoms with Crippen LogP contribution in [-0.2, 0) is 14.3 Å². The standard InChI is InChI=1S/C20H22N4O4/c1-12-6-7-13-16(18(2)14(25)8-9-20(12,18)27)28-17(26)19(13)11-24(23-22-19)15-5-3-4-10-21-15/h3-5,8-10,12-13,16,27H,6-7,11H2,1-2H3/t12-,13?,16?,18-,19?,20+/m0/s1. The summed E-state index contributed by atoms with van der Waals surface area (Å²) in [7, 11) is 0. The molecule has 0 bridgehead atoms. The highest BCUT2D eigenvalue weighted by Crippen LogP contribution is 2.58. The second kappa shape index (κ2) is 5.47. The number of rotatable bonds is 1. The number of esters is 1. The fourth-order valence-corrected chi connectivity index (χ4v) is 5.41. The summed E-state index contributed by atoms with van der Waals surface area (Å²) in [4.78, 5) is 30.2. The molecule has 6 atom stereocenters. The van der Waals surface area contributed by atoms with Gasteiger partial charge in [-0.15, -0.1) is 5.11 Å². The van der Waals surface area contributed by atoms with Gasteiger partial charge < -0.3 is 9.84 Å². The molecule has 1 saturated carbocycles. The average Bonchev–Trinajstić information content (AvgIpc) is 3.32. The first-order valence-corrected chi connectivity index (χ1v) is 9.61. The van der Waals surface area contributed by atoms with E-state index < -0.39 is 28.6 Å². The van der Waals surface area contributed by atoms with Crippen molar-refractivity contribution in [3.05, 3.63) is 36.5 Å². The topological polar surface area (TPSA) is 104 Å². The number of pyridine rings is 1. The summed E-state index contributed by atoms with van der Waals surface area (Å²) >= 11 is 0. The Bertz CT molecular complexity index is 918. The van der Waals surface area contributed by atoms with Crippen LogP contribution in [0.5, 0.6) is 0 Å². The normalized spacial score (nSPS) is 44.0. The van der Waals surface area contributed by atoms with Crippen LogP contribution in [-0.4, -0.2) is 45.6 Å². The Morgan fingerprint density at radius 1 is 1.29 bits per heavy atom. The molecule has 1 aromatic rings. The van der Waals surface area contributed by atoms with E-state index in [1.807, 2.05) is 13.0 Å². The van der Waals surface area contributed by atoms with E-state index in [0.717, 1.165) is 0 Å². The molecule has 0 radical (unpaired) electrons. The molecule has 3 heterocycles. The molecule has 28 heavy (non-hydrogen) atoms. The lowest BCUT2D eigenvalue weighted by atomic mass is 9.63. The van der Waals surface area contributed by atoms with Crippen molar-refractivity contribution in [1.82, 2.24) is 4.98 Å². The van der Waals surface area contributed by atoms with Crippen molar-refractivity contribution in [2.75, 3.05) is 11.6 Å². The van der Waals surface area contributed by atoms with Crippen LogP contribution in [0.3, 0.4) is 0 Å². The number of ether oxygens (including phenoxy) is 1. The van der Waals surface area contributed by atoms with Gasteiger partial charge in [-0.1, -0.05) is 18.2 Å². The Morgan fingerprint density at radius 3 is 2.86 bits per heavy atom. The minimum atomic E-state index is -1.34. The lowest BCUT2D eigenvalue weighted by Crippen LogP contribution is -2.57. The van der Waals surface area contributed by atoms with Gasteiger partial charge in [0.15, 0.2) is 5.78 Å². The zero-order valence-corrected chi connectivity index (χ0v) is 15.8. The molecule has 1 spiro atoms. The summed E-state index contributed by atoms with van der Waals surface area (Å²) in [6, 6.07) is 5.45. The number of fused-ring (bicyclic) bond motifs is 4. The number of aliphatic hydroxyl groups is 1. The fourth-order valence-electron chi connectivity index (χ4n) is 5.41. The molecule has 8 nitrogen and oxygen atoms in total. The third kappa shape index (κ3) is 1.91. The first-order chi connectivity index (χ1) is 13.3. The third-order valence-corrected chi connectivity index (χ3v) is 7.27. The summed E-state index contributed by atoms with van der Waals surface area (Å²) in [6.07, 6.45) is 5.18. The molecule has 1 N–H and O–H groups in total. The van der Waals surface area contributed by atoms with Gasteiger partial charge >= 0.3 is 5.97 Å². The summed E-state index contributed by atoms with van der Waals surface area (Å²) in [5.74, 6) is -0.583. The lowest BCUT2D eigenvalue weighted by molar-refractivity contribution is -0.166. The van der Waals surface area contributed by atoms with Crippen LogP contribution in [0.4, 0.5) is 5.82 Å². The van der Waals surface area contributed by atoms with Crippen molar-refractivity contribution in [1.29, 1.82) is 0 Å². The highest BCUT2D eigenvalue weighted by molar-refractivity contribution is 6.00. The summed E-state index contributed by atoms with van der Waals surface area (Å²) in [5, 5.41) is 21.6. The molecule has 8 heteroatoms. The van der Waals surface area contributed by atoms with Gasteiger partial charge in [0.1, 0.15) is 17.5 Å². The molecule has 1 aromatic heterocycles. The summed E-state index contributed by atoms with van der Waals surface area (Å²) in [6.45, 7) is 3.87. The predicted molar refractivity (Wildman–Crippen MR) is 98.1 cm³/mol. The summed E-state index contributed by atoms with van der Waals surface area (Å²) < 4.78 is 5.81. The van der Waals surface area contributed by atoms with Gasteiger partial charge in [-0.05, 0) is 50.0 Å². The van der Waals surface area contributed by atoms with Crippen molar-refractivity contribution in [2.45, 2.75) is 43.9 Å². The minimum Gasteiger partial charge on any atom is -0.459 e. The number of aromatic nitrogens is 1. The molecule has 2 aliphatic carbocycles. The van der Waals surface area contributed by atoms with Crippen molar-refractivity contribution in [3.8, 4) is 0 Å². The Morgan fingerprint density at radius 2 is 2.11 bits per heavy atom. The second-order valence-electron chi connectivity index (χ2n) is 8.50. The maximum absolute atomic E-state index is 13.0. The molecule has 0 amide bonds. The molecule has 2 aliphatic heterocycles. The van der Waals surface area contributed by atoms with Crippen molar-refractivity contribution < 1.29 is 19.4 Å². The van der Waals surface area contributed by atoms with Gasteiger partial charge in [0.25, 0.3) is 0 Å². The van der Waals surface area contributed by atoms with Crippen LogP contribution in [0.2, 0.25) is 0 Å². The predicted octanol–water partition coefficient (Wildman–Crippen LogP) is 1.86. The number of ketones is 1. The first-order valence-electron chi connectivity index (χ1n) is 9.61. The van der Waals surface area contributed by atoms with Crippen LogP contribution in [0, 0.1) is 17.3 Å². The van der Waals surface area contributed by atoms with Crippen molar-refractivity contribution >= 4 is 17.6 Å². The number of nitrogens with zero attached hydrogens (tertiary/aromatic N) is 4. The Balaban J connectivity index is 1.55. The highest BCUT2D eigenvalue weighted by Gasteiger charge is 2.72. The van der Waals surface area contributed by atoms with Crippen LogP contribution < -0.4 is 5.01 Å². The molecule has 4 aliphatic rings. The van der Waals surface area contributed by atoms with Gasteiger partial charge in [-0.25, -0.2) is 14.8 Å². The smallest absolute Gasteiger partial charge is 0.338 e. The first kappa shape index (κ1) is 17.5. The molecule has 1 saturated heterocycles. The average molecular weight is 382 g/mol. The molecule has 3 unspecified atom stereocenters. The lowest BCUT2D eigenvalue weighted by Gasteiger charge is -2.43. The van der Waals surface area contributed by atoms with E-state index in [0.29, 0.717) is 18.7 Å². The van der Waals surface area contributed by atoms with Gasteiger partial charge in [-0.2, -0.15) is 0 Å². The molecular formula is C20H22N4O4. The van der Waals surface area contributed by atoms with Gasteiger partial charge in [0, 0.05) is 12.1 Å². The van der Waals surface area contributed by atoms with E-state index >= 15 is 0 Å². The van der Waals surface area contributed by atoms with Gasteiger partial charge in [0.2, 0.25) is 5.54 Å². The largest absolute Gasteiger partial charge is 0.459 e. The molecule has 0 aromatic carbocycles. The van der Waals surface area contributed by atoms with Crippen LogP contribution in [0.15, 0.2) is 46.9 Å². The van der Waals surface area contributed by atoms with Crippen LogP contribution in [0.25, 0.3) is 0 Å². The van der Waals surface area contributed by atoms with Crippen LogP contribution in [0.1, 0.15) is 26.7 Å². The van der Waals surface area contributed by atoms with E-state index in [4.69, 9.17) is 4.74 Å². The zero-order chi connectivity index (χ0) is 19.7.